The quantitative estimate of drug-likeness (QED) is 0.260. The van der Waals surface area contributed by atoms with Crippen LogP contribution in [0.3, 0.4) is 0 Å². The summed E-state index contributed by atoms with van der Waals surface area (Å²) in [6.45, 7) is 3.59. The van der Waals surface area contributed by atoms with E-state index in [4.69, 9.17) is 4.74 Å². The second-order valence-corrected chi connectivity index (χ2v) is 13.1. The van der Waals surface area contributed by atoms with E-state index < -0.39 is 45.2 Å². The van der Waals surface area contributed by atoms with Crippen molar-refractivity contribution in [3.8, 4) is 0 Å². The number of allylic oxidation sites excluding steroid dienone is 4. The number of hydrogen-bond donors (Lipinski definition) is 2. The molecule has 4 aliphatic rings. The number of halogens is 1. The van der Waals surface area contributed by atoms with Gasteiger partial charge in [-0.05, 0) is 74.3 Å². The number of carbonyl (C=O) groups excluding carboxylic acids is 3. The van der Waals surface area contributed by atoms with Gasteiger partial charge >= 0.3 is 5.97 Å². The van der Waals surface area contributed by atoms with Crippen LogP contribution in [-0.4, -0.2) is 39.3 Å². The zero-order valence-electron chi connectivity index (χ0n) is 23.3. The number of ketones is 1. The Hall–Kier alpha value is -3.03. The molecule has 214 valence electrons. The van der Waals surface area contributed by atoms with Gasteiger partial charge in [-0.3, -0.25) is 9.59 Å². The topological polar surface area (TPSA) is 80.7 Å². The monoisotopic (exact) mass is 574 g/mol. The summed E-state index contributed by atoms with van der Waals surface area (Å²) in [5, 5.41) is 11.0. The highest BCUT2D eigenvalue weighted by Crippen LogP contribution is 2.70. The lowest BCUT2D eigenvalue weighted by molar-refractivity contribution is -0.209. The summed E-state index contributed by atoms with van der Waals surface area (Å²) in [6, 6.07) is 17.1. The molecule has 0 radical (unpaired) electrons. The average molecular weight is 575 g/mol. The maximum atomic E-state index is 17.4. The molecular formula is C34H35FO5S. The molecular weight excluding hydrogens is 539 g/mol. The second-order valence-electron chi connectivity index (χ2n) is 12.7. The van der Waals surface area contributed by atoms with Crippen molar-refractivity contribution in [3.63, 3.8) is 0 Å². The Bertz CT molecular complexity index is 1470. The van der Waals surface area contributed by atoms with Gasteiger partial charge in [0.25, 0.3) is 0 Å². The molecule has 4 aliphatic carbocycles. The van der Waals surface area contributed by atoms with Crippen LogP contribution in [0, 0.1) is 22.7 Å². The Morgan fingerprint density at radius 3 is 2.41 bits per heavy atom. The first-order valence-corrected chi connectivity index (χ1v) is 14.8. The van der Waals surface area contributed by atoms with Crippen LogP contribution in [0.15, 0.2) is 78.4 Å². The average Bonchev–Trinajstić information content (AvgIpc) is 3.23. The van der Waals surface area contributed by atoms with Crippen LogP contribution >= 0.6 is 12.6 Å². The molecule has 0 heterocycles. The number of ether oxygens (including phenoxy) is 1. The number of benzene rings is 2. The molecule has 0 aromatic heterocycles. The number of aliphatic hydroxyl groups excluding tert-OH is 1. The van der Waals surface area contributed by atoms with E-state index in [1.165, 1.54) is 6.08 Å². The molecule has 2 fully saturated rings. The van der Waals surface area contributed by atoms with Crippen molar-refractivity contribution in [2.75, 3.05) is 0 Å². The lowest BCUT2D eigenvalue weighted by Crippen LogP contribution is -2.68. The van der Waals surface area contributed by atoms with Gasteiger partial charge in [0.05, 0.1) is 11.7 Å². The summed E-state index contributed by atoms with van der Waals surface area (Å²) in [4.78, 5) is 38.9. The molecule has 0 saturated heterocycles. The van der Waals surface area contributed by atoms with E-state index in [0.717, 1.165) is 17.5 Å². The van der Waals surface area contributed by atoms with Gasteiger partial charge in [-0.2, -0.15) is 0 Å². The molecule has 2 aromatic rings. The molecule has 0 unspecified atom stereocenters. The number of hydrogen-bond acceptors (Lipinski definition) is 5. The van der Waals surface area contributed by atoms with Crippen LogP contribution in [0.2, 0.25) is 0 Å². The van der Waals surface area contributed by atoms with Crippen molar-refractivity contribution in [2.24, 2.45) is 22.7 Å². The SMILES string of the molecule is C[C@]12C=CC(=O)CC1=CC[C@H]1[C@@H]3CC[C@](OC(=O)c4ccc(Cc5ccccc5)cc4)(C(=O)S)[C@@]3(C)C[C@H](O)[C@@]12F. The van der Waals surface area contributed by atoms with Crippen molar-refractivity contribution in [2.45, 2.75) is 69.7 Å². The van der Waals surface area contributed by atoms with Crippen LogP contribution < -0.4 is 0 Å². The summed E-state index contributed by atoms with van der Waals surface area (Å²) < 4.78 is 23.5. The molecule has 0 amide bonds. The van der Waals surface area contributed by atoms with Gasteiger partial charge in [0.1, 0.15) is 0 Å². The predicted molar refractivity (Wildman–Crippen MR) is 156 cm³/mol. The second kappa shape index (κ2) is 9.77. The van der Waals surface area contributed by atoms with Gasteiger partial charge in [-0.15, -0.1) is 12.6 Å². The number of carbonyl (C=O) groups is 3. The molecule has 6 rings (SSSR count). The lowest BCUT2D eigenvalue weighted by Gasteiger charge is -2.62. The molecule has 2 saturated carbocycles. The maximum Gasteiger partial charge on any atom is 0.339 e. The minimum atomic E-state index is -2.02. The van der Waals surface area contributed by atoms with Crippen molar-refractivity contribution in [1.29, 1.82) is 0 Å². The van der Waals surface area contributed by atoms with Gasteiger partial charge in [0.2, 0.25) is 5.12 Å². The largest absolute Gasteiger partial charge is 0.446 e. The fraction of sp³-hybridized carbons (Fsp3) is 0.441. The van der Waals surface area contributed by atoms with E-state index in [1.807, 2.05) is 55.5 Å². The molecule has 2 aromatic carbocycles. The van der Waals surface area contributed by atoms with E-state index >= 15 is 4.39 Å². The Labute approximate surface area is 245 Å². The normalized spacial score (nSPS) is 37.4. The third-order valence-corrected chi connectivity index (χ3v) is 11.1. The number of fused-ring (bicyclic) bond motifs is 5. The highest BCUT2D eigenvalue weighted by molar-refractivity contribution is 7.96. The Kier molecular flexibility index (Phi) is 6.70. The first kappa shape index (κ1) is 28.1. The van der Waals surface area contributed by atoms with Gasteiger partial charge in [-0.25, -0.2) is 9.18 Å². The molecule has 0 aliphatic heterocycles. The summed E-state index contributed by atoms with van der Waals surface area (Å²) >= 11 is 4.23. The number of thiol groups is 1. The van der Waals surface area contributed by atoms with Gasteiger partial charge < -0.3 is 9.84 Å². The van der Waals surface area contributed by atoms with E-state index in [1.54, 1.807) is 25.1 Å². The molecule has 7 heteroatoms. The van der Waals surface area contributed by atoms with Crippen LogP contribution in [0.5, 0.6) is 0 Å². The smallest absolute Gasteiger partial charge is 0.339 e. The fourth-order valence-electron chi connectivity index (χ4n) is 8.47. The fourth-order valence-corrected chi connectivity index (χ4v) is 8.89. The van der Waals surface area contributed by atoms with Crippen LogP contribution in [0.4, 0.5) is 4.39 Å². The maximum absolute atomic E-state index is 17.4. The summed E-state index contributed by atoms with van der Waals surface area (Å²) in [6.07, 6.45) is 5.33. The number of aliphatic hydroxyl groups is 1. The van der Waals surface area contributed by atoms with E-state index in [-0.39, 0.29) is 31.0 Å². The van der Waals surface area contributed by atoms with Gasteiger partial charge in [0.15, 0.2) is 17.1 Å². The molecule has 41 heavy (non-hydrogen) atoms. The highest BCUT2D eigenvalue weighted by atomic mass is 32.1. The van der Waals surface area contributed by atoms with E-state index in [9.17, 15) is 19.5 Å². The van der Waals surface area contributed by atoms with Gasteiger partial charge in [0, 0.05) is 23.2 Å². The first-order chi connectivity index (χ1) is 19.4. The Morgan fingerprint density at radius 2 is 1.73 bits per heavy atom. The Morgan fingerprint density at radius 1 is 1.05 bits per heavy atom. The molecule has 0 spiro atoms. The van der Waals surface area contributed by atoms with E-state index in [2.05, 4.69) is 12.6 Å². The third kappa shape index (κ3) is 4.03. The Balaban J connectivity index is 1.29. The molecule has 0 bridgehead atoms. The summed E-state index contributed by atoms with van der Waals surface area (Å²) in [5.74, 6) is -1.67. The van der Waals surface area contributed by atoms with Crippen molar-refractivity contribution < 1.29 is 28.6 Å². The van der Waals surface area contributed by atoms with Crippen molar-refractivity contribution >= 4 is 29.5 Å². The highest BCUT2D eigenvalue weighted by Gasteiger charge is 2.75. The van der Waals surface area contributed by atoms with Crippen molar-refractivity contribution in [3.05, 3.63) is 95.1 Å². The van der Waals surface area contributed by atoms with E-state index in [0.29, 0.717) is 24.0 Å². The first-order valence-electron chi connectivity index (χ1n) is 14.3. The summed E-state index contributed by atoms with van der Waals surface area (Å²) in [5.41, 5.74) is -2.58. The number of rotatable bonds is 5. The zero-order valence-corrected chi connectivity index (χ0v) is 24.2. The molecule has 1 N–H and O–H groups in total. The molecule has 7 atom stereocenters. The standard InChI is InChI=1S/C34H35FO5S/c1-31-16-14-25(36)19-24(31)12-13-27-26-15-17-33(30(39)41,32(26,2)20-28(37)34(27,31)35)40-29(38)23-10-8-22(9-11-23)18-21-6-4-3-5-7-21/h3-12,14,16,26-28,37H,13,15,17-20H2,1-2H3,(H,39,41)/t26-,27-,28-,31-,32-,33-,34-/m0/s1. The van der Waals surface area contributed by atoms with Crippen LogP contribution in [-0.2, 0) is 20.7 Å². The van der Waals surface area contributed by atoms with Crippen LogP contribution in [0.1, 0.15) is 67.4 Å². The number of alkyl halides is 1. The summed E-state index contributed by atoms with van der Waals surface area (Å²) in [7, 11) is 0. The molecule has 5 nitrogen and oxygen atoms in total. The predicted octanol–water partition coefficient (Wildman–Crippen LogP) is 6.00. The van der Waals surface area contributed by atoms with Gasteiger partial charge in [-0.1, -0.05) is 67.1 Å². The lowest BCUT2D eigenvalue weighted by atomic mass is 9.45. The zero-order chi connectivity index (χ0) is 29.2. The van der Waals surface area contributed by atoms with Crippen molar-refractivity contribution in [1.82, 2.24) is 0 Å². The van der Waals surface area contributed by atoms with Crippen LogP contribution in [0.25, 0.3) is 0 Å². The third-order valence-electron chi connectivity index (χ3n) is 10.8. The minimum absolute atomic E-state index is 0.0646. The minimum Gasteiger partial charge on any atom is -0.446 e. The number of esters is 1.